The minimum atomic E-state index is -0.792. The molecule has 0 unspecified atom stereocenters. The van der Waals surface area contributed by atoms with E-state index in [1.807, 2.05) is 78.9 Å². The summed E-state index contributed by atoms with van der Waals surface area (Å²) in [4.78, 5) is 16.3. The molecule has 0 fully saturated rings. The first-order valence-electron chi connectivity index (χ1n) is 7.76. The van der Waals surface area contributed by atoms with Crippen molar-refractivity contribution in [2.45, 2.75) is 12.2 Å². The lowest BCUT2D eigenvalue weighted by Crippen LogP contribution is -2.29. The highest BCUT2D eigenvalue weighted by Crippen LogP contribution is 2.49. The highest BCUT2D eigenvalue weighted by molar-refractivity contribution is 5.85. The van der Waals surface area contributed by atoms with Crippen molar-refractivity contribution in [2.24, 2.45) is 5.90 Å². The molecule has 0 aromatic heterocycles. The summed E-state index contributed by atoms with van der Waals surface area (Å²) in [7, 11) is 0. The maximum absolute atomic E-state index is 5.94. The van der Waals surface area contributed by atoms with Crippen molar-refractivity contribution in [3.05, 3.63) is 101 Å². The molecule has 0 atom stereocenters. The van der Waals surface area contributed by atoms with Gasteiger partial charge in [-0.05, 0) is 22.8 Å². The van der Waals surface area contributed by atoms with Gasteiger partial charge in [0.2, 0.25) is 0 Å². The third-order valence-electron chi connectivity index (χ3n) is 4.29. The topological polar surface area (TPSA) is 53.7 Å². The van der Waals surface area contributed by atoms with Gasteiger partial charge in [0.15, 0.2) is 11.4 Å². The van der Waals surface area contributed by atoms with Crippen LogP contribution in [-0.4, -0.2) is 0 Å². The first-order chi connectivity index (χ1) is 11.8. The van der Waals surface area contributed by atoms with Crippen molar-refractivity contribution >= 4 is 12.4 Å². The van der Waals surface area contributed by atoms with Crippen molar-refractivity contribution in [3.63, 3.8) is 0 Å². The SMILES string of the molecule is Cl.NOCc1ccc2c(c1)OOC2(c1ccccc1)c1ccccc1. The quantitative estimate of drug-likeness (QED) is 0.565. The van der Waals surface area contributed by atoms with E-state index in [1.54, 1.807) is 0 Å². The normalized spacial score (nSPS) is 14.3. The van der Waals surface area contributed by atoms with E-state index in [0.29, 0.717) is 12.4 Å². The number of hydrogen-bond donors (Lipinski definition) is 1. The van der Waals surface area contributed by atoms with E-state index >= 15 is 0 Å². The molecule has 0 spiro atoms. The van der Waals surface area contributed by atoms with E-state index < -0.39 is 5.60 Å². The molecule has 4 nitrogen and oxygen atoms in total. The summed E-state index contributed by atoms with van der Waals surface area (Å²) in [6, 6.07) is 26.0. The summed E-state index contributed by atoms with van der Waals surface area (Å²) in [5.74, 6) is 5.85. The molecule has 1 aliphatic heterocycles. The molecule has 4 rings (SSSR count). The third kappa shape index (κ3) is 2.90. The van der Waals surface area contributed by atoms with E-state index in [9.17, 15) is 0 Å². The van der Waals surface area contributed by atoms with Gasteiger partial charge < -0.3 is 4.89 Å². The molecule has 25 heavy (non-hydrogen) atoms. The van der Waals surface area contributed by atoms with Gasteiger partial charge in [0, 0.05) is 5.56 Å². The average Bonchev–Trinajstić information content (AvgIpc) is 3.03. The molecule has 2 N–H and O–H groups in total. The minimum absolute atomic E-state index is 0. The predicted octanol–water partition coefficient (Wildman–Crippen LogP) is 4.11. The Hall–Kier alpha value is -2.37. The van der Waals surface area contributed by atoms with Crippen molar-refractivity contribution < 1.29 is 14.6 Å². The van der Waals surface area contributed by atoms with Gasteiger partial charge in [-0.15, -0.1) is 12.4 Å². The molecule has 0 aliphatic carbocycles. The van der Waals surface area contributed by atoms with Crippen LogP contribution in [0.25, 0.3) is 0 Å². The summed E-state index contributed by atoms with van der Waals surface area (Å²) >= 11 is 0. The van der Waals surface area contributed by atoms with Crippen LogP contribution in [0.15, 0.2) is 78.9 Å². The zero-order valence-electron chi connectivity index (χ0n) is 13.4. The molecule has 0 amide bonds. The molecule has 0 saturated heterocycles. The molecule has 0 saturated carbocycles. The Labute approximate surface area is 152 Å². The lowest BCUT2D eigenvalue weighted by atomic mass is 9.80. The maximum atomic E-state index is 5.94. The Morgan fingerprint density at radius 2 is 1.44 bits per heavy atom. The second kappa shape index (κ2) is 7.25. The molecular formula is C20H18ClNO3. The Morgan fingerprint density at radius 3 is 2.00 bits per heavy atom. The van der Waals surface area contributed by atoms with Crippen LogP contribution in [0.4, 0.5) is 0 Å². The van der Waals surface area contributed by atoms with Crippen molar-refractivity contribution in [1.82, 2.24) is 0 Å². The van der Waals surface area contributed by atoms with Gasteiger partial charge in [-0.25, -0.2) is 5.90 Å². The van der Waals surface area contributed by atoms with Crippen LogP contribution >= 0.6 is 12.4 Å². The van der Waals surface area contributed by atoms with E-state index in [1.165, 1.54) is 0 Å². The third-order valence-corrected chi connectivity index (χ3v) is 4.29. The zero-order chi connectivity index (χ0) is 16.4. The fourth-order valence-electron chi connectivity index (χ4n) is 3.18. The zero-order valence-corrected chi connectivity index (χ0v) is 14.2. The van der Waals surface area contributed by atoms with Crippen LogP contribution < -0.4 is 10.8 Å². The summed E-state index contributed by atoms with van der Waals surface area (Å²) in [6.45, 7) is 0.320. The lowest BCUT2D eigenvalue weighted by molar-refractivity contribution is -0.244. The first kappa shape index (κ1) is 17.5. The molecular weight excluding hydrogens is 338 g/mol. The Balaban J connectivity index is 0.00000182. The predicted molar refractivity (Wildman–Crippen MR) is 97.1 cm³/mol. The number of hydrogen-bond acceptors (Lipinski definition) is 4. The number of benzene rings is 3. The summed E-state index contributed by atoms with van der Waals surface area (Å²) in [6.07, 6.45) is 0. The highest BCUT2D eigenvalue weighted by Gasteiger charge is 2.46. The molecule has 0 bridgehead atoms. The molecule has 1 aliphatic rings. The van der Waals surface area contributed by atoms with Gasteiger partial charge >= 0.3 is 0 Å². The fourth-order valence-corrected chi connectivity index (χ4v) is 3.18. The van der Waals surface area contributed by atoms with Gasteiger partial charge in [0.1, 0.15) is 0 Å². The molecule has 5 heteroatoms. The Kier molecular flexibility index (Phi) is 5.06. The summed E-state index contributed by atoms with van der Waals surface area (Å²) in [5, 5.41) is 0. The fraction of sp³-hybridized carbons (Fsp3) is 0.100. The standard InChI is InChI=1S/C20H17NO3.ClH/c21-22-14-15-11-12-18-19(13-15)23-24-20(18,16-7-3-1-4-8-16)17-9-5-2-6-10-17;/h1-13H,14,21H2;1H. The van der Waals surface area contributed by atoms with Gasteiger partial charge in [-0.3, -0.25) is 4.84 Å². The second-order valence-electron chi connectivity index (χ2n) is 5.72. The first-order valence-corrected chi connectivity index (χ1v) is 7.76. The molecule has 0 radical (unpaired) electrons. The smallest absolute Gasteiger partial charge is 0.194 e. The maximum Gasteiger partial charge on any atom is 0.194 e. The summed E-state index contributed by atoms with van der Waals surface area (Å²) < 4.78 is 0. The number of rotatable bonds is 4. The van der Waals surface area contributed by atoms with Crippen LogP contribution in [0.2, 0.25) is 0 Å². The van der Waals surface area contributed by atoms with Gasteiger partial charge in [-0.1, -0.05) is 72.8 Å². The average molecular weight is 356 g/mol. The number of nitrogens with two attached hydrogens (primary N) is 1. The van der Waals surface area contributed by atoms with Crippen LogP contribution in [0.5, 0.6) is 5.75 Å². The van der Waals surface area contributed by atoms with Crippen LogP contribution in [0, 0.1) is 0 Å². The Bertz CT molecular complexity index is 801. The van der Waals surface area contributed by atoms with Gasteiger partial charge in [0.05, 0.1) is 6.61 Å². The van der Waals surface area contributed by atoms with E-state index in [0.717, 1.165) is 22.3 Å². The van der Waals surface area contributed by atoms with Gasteiger partial charge in [0.25, 0.3) is 0 Å². The van der Waals surface area contributed by atoms with E-state index in [4.69, 9.17) is 20.5 Å². The lowest BCUT2D eigenvalue weighted by Gasteiger charge is -2.27. The molecule has 1 heterocycles. The van der Waals surface area contributed by atoms with E-state index in [-0.39, 0.29) is 12.4 Å². The minimum Gasteiger partial charge on any atom is -0.335 e. The van der Waals surface area contributed by atoms with Gasteiger partial charge in [-0.2, -0.15) is 4.89 Å². The number of halogens is 1. The second-order valence-corrected chi connectivity index (χ2v) is 5.72. The van der Waals surface area contributed by atoms with Crippen molar-refractivity contribution in [2.75, 3.05) is 0 Å². The van der Waals surface area contributed by atoms with Crippen LogP contribution in [0.1, 0.15) is 22.3 Å². The molecule has 128 valence electrons. The number of fused-ring (bicyclic) bond motifs is 1. The van der Waals surface area contributed by atoms with E-state index in [2.05, 4.69) is 0 Å². The molecule has 3 aromatic rings. The monoisotopic (exact) mass is 355 g/mol. The largest absolute Gasteiger partial charge is 0.335 e. The summed E-state index contributed by atoms with van der Waals surface area (Å²) in [5.41, 5.74) is 3.12. The van der Waals surface area contributed by atoms with Crippen LogP contribution in [0.3, 0.4) is 0 Å². The highest BCUT2D eigenvalue weighted by atomic mass is 35.5. The van der Waals surface area contributed by atoms with Crippen LogP contribution in [-0.2, 0) is 21.9 Å². The molecule has 3 aromatic carbocycles. The van der Waals surface area contributed by atoms with Crippen molar-refractivity contribution in [1.29, 1.82) is 0 Å². The Morgan fingerprint density at radius 1 is 0.840 bits per heavy atom. The van der Waals surface area contributed by atoms with Crippen molar-refractivity contribution in [3.8, 4) is 5.75 Å².